The predicted octanol–water partition coefficient (Wildman–Crippen LogP) is 3.05. The number of fused-ring (bicyclic) bond motifs is 1. The zero-order chi connectivity index (χ0) is 14.1. The van der Waals surface area contributed by atoms with Gasteiger partial charge >= 0.3 is 5.97 Å². The fourth-order valence-corrected chi connectivity index (χ4v) is 2.96. The summed E-state index contributed by atoms with van der Waals surface area (Å²) in [6, 6.07) is 11.2. The maximum Gasteiger partial charge on any atom is 0.321 e. The molecule has 1 unspecified atom stereocenters. The first-order chi connectivity index (χ1) is 9.63. The number of carboxylic acid groups (broad SMARTS) is 1. The first-order valence-electron chi connectivity index (χ1n) is 6.41. The van der Waals surface area contributed by atoms with Crippen molar-refractivity contribution in [2.75, 3.05) is 0 Å². The number of aliphatic carboxylic acids is 1. The lowest BCUT2D eigenvalue weighted by atomic mass is 9.94. The van der Waals surface area contributed by atoms with Crippen LogP contribution in [-0.4, -0.2) is 22.0 Å². The third-order valence-electron chi connectivity index (χ3n) is 3.62. The Balaban J connectivity index is 1.86. The third-order valence-corrected chi connectivity index (χ3v) is 4.04. The van der Waals surface area contributed by atoms with E-state index in [4.69, 9.17) is 4.42 Å². The molecule has 2 heterocycles. The molecule has 0 bridgehead atoms. The van der Waals surface area contributed by atoms with Gasteiger partial charge in [0.05, 0.1) is 6.54 Å². The van der Waals surface area contributed by atoms with E-state index >= 15 is 0 Å². The zero-order valence-electron chi connectivity index (χ0n) is 10.8. The van der Waals surface area contributed by atoms with E-state index in [1.165, 1.54) is 5.56 Å². The summed E-state index contributed by atoms with van der Waals surface area (Å²) in [5, 5.41) is 9.44. The summed E-state index contributed by atoms with van der Waals surface area (Å²) in [5.41, 5.74) is 2.31. The van der Waals surface area contributed by atoms with Gasteiger partial charge in [-0.3, -0.25) is 9.69 Å². The van der Waals surface area contributed by atoms with E-state index in [9.17, 15) is 9.90 Å². The number of furan rings is 1. The summed E-state index contributed by atoms with van der Waals surface area (Å²) in [5.74, 6) is -0.0207. The molecule has 0 radical (unpaired) electrons. The van der Waals surface area contributed by atoms with Crippen LogP contribution >= 0.6 is 15.9 Å². The molecule has 2 aromatic rings. The van der Waals surface area contributed by atoms with Crippen molar-refractivity contribution < 1.29 is 14.3 Å². The van der Waals surface area contributed by atoms with Gasteiger partial charge in [0, 0.05) is 6.54 Å². The van der Waals surface area contributed by atoms with Gasteiger partial charge in [0.25, 0.3) is 0 Å². The molecule has 20 heavy (non-hydrogen) atoms. The van der Waals surface area contributed by atoms with Crippen LogP contribution in [0.4, 0.5) is 0 Å². The van der Waals surface area contributed by atoms with Crippen molar-refractivity contribution in [1.29, 1.82) is 0 Å². The molecule has 1 atom stereocenters. The van der Waals surface area contributed by atoms with Crippen LogP contribution in [0.25, 0.3) is 0 Å². The van der Waals surface area contributed by atoms with E-state index in [1.54, 1.807) is 0 Å². The highest BCUT2D eigenvalue weighted by Gasteiger charge is 2.31. The molecule has 1 aliphatic rings. The van der Waals surface area contributed by atoms with E-state index in [-0.39, 0.29) is 0 Å². The lowest BCUT2D eigenvalue weighted by molar-refractivity contribution is -0.144. The number of carboxylic acids is 1. The molecule has 1 aliphatic heterocycles. The predicted molar refractivity (Wildman–Crippen MR) is 77.2 cm³/mol. The maximum absolute atomic E-state index is 11.5. The molecule has 0 amide bonds. The highest BCUT2D eigenvalue weighted by atomic mass is 79.9. The highest BCUT2D eigenvalue weighted by molar-refractivity contribution is 9.10. The van der Waals surface area contributed by atoms with E-state index in [2.05, 4.69) is 22.0 Å². The van der Waals surface area contributed by atoms with Crippen LogP contribution in [0.1, 0.15) is 16.9 Å². The van der Waals surface area contributed by atoms with Gasteiger partial charge in [-0.2, -0.15) is 0 Å². The molecule has 104 valence electrons. The summed E-state index contributed by atoms with van der Waals surface area (Å²) in [6.07, 6.45) is 0.535. The van der Waals surface area contributed by atoms with Gasteiger partial charge in [0.15, 0.2) is 4.67 Å². The van der Waals surface area contributed by atoms with E-state index in [0.29, 0.717) is 24.2 Å². The molecule has 1 aromatic heterocycles. The highest BCUT2D eigenvalue weighted by Crippen LogP contribution is 2.26. The first kappa shape index (κ1) is 13.4. The second kappa shape index (κ2) is 5.42. The van der Waals surface area contributed by atoms with Crippen LogP contribution in [0.15, 0.2) is 45.5 Å². The number of halogens is 1. The van der Waals surface area contributed by atoms with Gasteiger partial charge in [-0.15, -0.1) is 0 Å². The fourth-order valence-electron chi connectivity index (χ4n) is 2.62. The van der Waals surface area contributed by atoms with Gasteiger partial charge in [0.1, 0.15) is 11.8 Å². The van der Waals surface area contributed by atoms with Gasteiger partial charge < -0.3 is 9.52 Å². The van der Waals surface area contributed by atoms with Gasteiger partial charge in [0.2, 0.25) is 0 Å². The van der Waals surface area contributed by atoms with Crippen LogP contribution in [-0.2, 0) is 24.3 Å². The molecule has 0 spiro atoms. The average Bonchev–Trinajstić information content (AvgIpc) is 2.83. The minimum atomic E-state index is -0.787. The molecular formula is C15H14BrNO3. The lowest BCUT2D eigenvalue weighted by Gasteiger charge is -2.33. The Hall–Kier alpha value is -1.59. The number of carbonyl (C=O) groups is 1. The fraction of sp³-hybridized carbons (Fsp3) is 0.267. The van der Waals surface area contributed by atoms with Crippen molar-refractivity contribution >= 4 is 21.9 Å². The number of benzene rings is 1. The Labute approximate surface area is 125 Å². The summed E-state index contributed by atoms with van der Waals surface area (Å²) in [4.78, 5) is 13.4. The molecule has 4 nitrogen and oxygen atoms in total. The van der Waals surface area contributed by atoms with Crippen LogP contribution in [0.2, 0.25) is 0 Å². The zero-order valence-corrected chi connectivity index (χ0v) is 12.3. The minimum absolute atomic E-state index is 0.497. The molecule has 5 heteroatoms. The summed E-state index contributed by atoms with van der Waals surface area (Å²) >= 11 is 3.27. The maximum atomic E-state index is 11.5. The quantitative estimate of drug-likeness (QED) is 0.936. The van der Waals surface area contributed by atoms with Gasteiger partial charge in [-0.1, -0.05) is 24.3 Å². The number of hydrogen-bond acceptors (Lipinski definition) is 3. The van der Waals surface area contributed by atoms with Crippen molar-refractivity contribution in [3.05, 3.63) is 58.0 Å². The molecular weight excluding hydrogens is 322 g/mol. The van der Waals surface area contributed by atoms with Gasteiger partial charge in [-0.25, -0.2) is 0 Å². The van der Waals surface area contributed by atoms with Crippen LogP contribution < -0.4 is 0 Å². The number of hydrogen-bond donors (Lipinski definition) is 1. The standard InChI is InChI=1S/C15H14BrNO3/c16-14-6-5-12(20-14)9-17-8-11-4-2-1-3-10(11)7-13(17)15(18)19/h1-6,13H,7-9H2,(H,18,19). The molecule has 0 aliphatic carbocycles. The minimum Gasteiger partial charge on any atom is -0.480 e. The molecule has 1 aromatic carbocycles. The Morgan fingerprint density at radius 1 is 1.30 bits per heavy atom. The number of nitrogens with zero attached hydrogens (tertiary/aromatic N) is 1. The number of rotatable bonds is 3. The monoisotopic (exact) mass is 335 g/mol. The van der Waals surface area contributed by atoms with Crippen molar-refractivity contribution in [2.45, 2.75) is 25.6 Å². The Bertz CT molecular complexity index is 638. The summed E-state index contributed by atoms with van der Waals surface area (Å²) in [7, 11) is 0. The summed E-state index contributed by atoms with van der Waals surface area (Å²) < 4.78 is 6.15. The first-order valence-corrected chi connectivity index (χ1v) is 7.20. The van der Waals surface area contributed by atoms with Crippen LogP contribution in [0.3, 0.4) is 0 Å². The van der Waals surface area contributed by atoms with Gasteiger partial charge in [-0.05, 0) is 45.6 Å². The third kappa shape index (κ3) is 2.64. The molecule has 0 saturated heterocycles. The van der Waals surface area contributed by atoms with Crippen LogP contribution in [0.5, 0.6) is 0 Å². The molecule has 3 rings (SSSR count). The average molecular weight is 336 g/mol. The normalized spacial score (nSPS) is 18.8. The molecule has 0 saturated carbocycles. The van der Waals surface area contributed by atoms with Crippen molar-refractivity contribution in [3.8, 4) is 0 Å². The smallest absolute Gasteiger partial charge is 0.321 e. The molecule has 0 fully saturated rings. The Morgan fingerprint density at radius 3 is 2.70 bits per heavy atom. The topological polar surface area (TPSA) is 53.7 Å². The SMILES string of the molecule is O=C(O)C1Cc2ccccc2CN1Cc1ccc(Br)o1. The second-order valence-electron chi connectivity index (χ2n) is 4.94. The van der Waals surface area contributed by atoms with E-state index < -0.39 is 12.0 Å². The van der Waals surface area contributed by atoms with Crippen molar-refractivity contribution in [1.82, 2.24) is 4.90 Å². The van der Waals surface area contributed by atoms with Crippen LogP contribution in [0, 0.1) is 0 Å². The summed E-state index contributed by atoms with van der Waals surface area (Å²) in [6.45, 7) is 1.13. The lowest BCUT2D eigenvalue weighted by Crippen LogP contribution is -2.44. The largest absolute Gasteiger partial charge is 0.480 e. The molecule has 1 N–H and O–H groups in total. The van der Waals surface area contributed by atoms with E-state index in [1.807, 2.05) is 35.2 Å². The Kier molecular flexibility index (Phi) is 3.63. The van der Waals surface area contributed by atoms with Crippen molar-refractivity contribution in [3.63, 3.8) is 0 Å². The second-order valence-corrected chi connectivity index (χ2v) is 5.72. The van der Waals surface area contributed by atoms with Crippen molar-refractivity contribution in [2.24, 2.45) is 0 Å². The van der Waals surface area contributed by atoms with E-state index in [0.717, 1.165) is 11.3 Å². The Morgan fingerprint density at radius 2 is 2.05 bits per heavy atom.